The van der Waals surface area contributed by atoms with E-state index in [0.717, 1.165) is 19.3 Å². The molecule has 1 amide bonds. The number of carbonyl (C=O) groups is 1. The minimum absolute atomic E-state index is 0. The quantitative estimate of drug-likeness (QED) is 0.811. The lowest BCUT2D eigenvalue weighted by Gasteiger charge is -2.32. The molecule has 0 aromatic rings. The molecule has 0 aromatic carbocycles. The van der Waals surface area contributed by atoms with Gasteiger partial charge in [0.05, 0.1) is 12.1 Å². The van der Waals surface area contributed by atoms with Gasteiger partial charge in [-0.3, -0.25) is 4.79 Å². The Balaban J connectivity index is 0.00000120. The molecule has 0 radical (unpaired) electrons. The van der Waals surface area contributed by atoms with Gasteiger partial charge in [0.25, 0.3) is 5.92 Å². The summed E-state index contributed by atoms with van der Waals surface area (Å²) in [6.45, 7) is 0. The Labute approximate surface area is 111 Å². The molecule has 3 rings (SSSR count). The van der Waals surface area contributed by atoms with Crippen LogP contribution in [0, 0.1) is 5.92 Å². The summed E-state index contributed by atoms with van der Waals surface area (Å²) in [6.07, 6.45) is 3.60. The van der Waals surface area contributed by atoms with Crippen LogP contribution < -0.4 is 10.6 Å². The summed E-state index contributed by atoms with van der Waals surface area (Å²) in [5.41, 5.74) is 0. The Morgan fingerprint density at radius 2 is 2.06 bits per heavy atom. The van der Waals surface area contributed by atoms with Crippen LogP contribution in [0.4, 0.5) is 8.78 Å². The summed E-state index contributed by atoms with van der Waals surface area (Å²) < 4.78 is 27.1. The van der Waals surface area contributed by atoms with E-state index in [1.807, 2.05) is 0 Å². The van der Waals surface area contributed by atoms with E-state index in [4.69, 9.17) is 0 Å². The molecule has 1 unspecified atom stereocenters. The smallest absolute Gasteiger partial charge is 0.267 e. The highest BCUT2D eigenvalue weighted by atomic mass is 35.5. The van der Waals surface area contributed by atoms with Crippen molar-refractivity contribution in [2.45, 2.75) is 62.6 Å². The van der Waals surface area contributed by atoms with Crippen LogP contribution in [0.1, 0.15) is 38.5 Å². The standard InChI is InChI=1S/C12H18F2N2O.ClH/c13-12(14)4-2-1-3-10(12)16-11(17)9-6-7-5-8(7)15-9;/h7-10,15H,1-6H2,(H,16,17);1H/t7-,8-,9+,10?;/m1./s1. The fraction of sp³-hybridized carbons (Fsp3) is 0.917. The predicted octanol–water partition coefficient (Wildman–Crippen LogP) is 1.85. The first kappa shape index (κ1) is 14.0. The lowest BCUT2D eigenvalue weighted by Crippen LogP contribution is -2.54. The average molecular weight is 281 g/mol. The SMILES string of the molecule is Cl.O=C(NC1CCCCC1(F)F)[C@@H]1C[C@H]2C[C@H]2N1. The molecule has 1 aliphatic heterocycles. The number of piperidine rings is 1. The molecule has 3 nitrogen and oxygen atoms in total. The number of hydrogen-bond donors (Lipinski definition) is 2. The number of hydrogen-bond acceptors (Lipinski definition) is 2. The summed E-state index contributed by atoms with van der Waals surface area (Å²) in [7, 11) is 0. The molecule has 2 saturated carbocycles. The van der Waals surface area contributed by atoms with E-state index < -0.39 is 12.0 Å². The molecule has 6 heteroatoms. The molecule has 104 valence electrons. The van der Waals surface area contributed by atoms with Crippen LogP contribution in [0.15, 0.2) is 0 Å². The van der Waals surface area contributed by atoms with Gasteiger partial charge in [0, 0.05) is 12.5 Å². The highest BCUT2D eigenvalue weighted by molar-refractivity contribution is 5.85. The van der Waals surface area contributed by atoms with E-state index in [0.29, 0.717) is 24.8 Å². The molecule has 1 saturated heterocycles. The lowest BCUT2D eigenvalue weighted by atomic mass is 9.91. The van der Waals surface area contributed by atoms with Crippen molar-refractivity contribution in [1.29, 1.82) is 0 Å². The molecule has 0 bridgehead atoms. The van der Waals surface area contributed by atoms with E-state index in [1.165, 1.54) is 0 Å². The monoisotopic (exact) mass is 280 g/mol. The highest BCUT2D eigenvalue weighted by Gasteiger charge is 2.49. The second-order valence-electron chi connectivity index (χ2n) is 5.63. The topological polar surface area (TPSA) is 41.1 Å². The van der Waals surface area contributed by atoms with Gasteiger partial charge in [-0.1, -0.05) is 6.42 Å². The molecule has 3 aliphatic rings. The zero-order chi connectivity index (χ0) is 12.0. The molecule has 0 aromatic heterocycles. The van der Waals surface area contributed by atoms with Crippen LogP contribution in [0.3, 0.4) is 0 Å². The van der Waals surface area contributed by atoms with Crippen molar-refractivity contribution in [3.63, 3.8) is 0 Å². The largest absolute Gasteiger partial charge is 0.346 e. The zero-order valence-electron chi connectivity index (χ0n) is 10.1. The van der Waals surface area contributed by atoms with Gasteiger partial charge in [-0.05, 0) is 31.6 Å². The van der Waals surface area contributed by atoms with E-state index in [-0.39, 0.29) is 30.8 Å². The summed E-state index contributed by atoms with van der Waals surface area (Å²) in [5, 5.41) is 5.73. The number of rotatable bonds is 2. The summed E-state index contributed by atoms with van der Waals surface area (Å²) >= 11 is 0. The van der Waals surface area contributed by atoms with E-state index in [2.05, 4.69) is 10.6 Å². The van der Waals surface area contributed by atoms with Gasteiger partial charge in [0.15, 0.2) is 0 Å². The summed E-state index contributed by atoms with van der Waals surface area (Å²) in [6, 6.07) is -0.725. The highest BCUT2D eigenvalue weighted by Crippen LogP contribution is 2.41. The maximum atomic E-state index is 13.6. The van der Waals surface area contributed by atoms with Crippen molar-refractivity contribution in [3.8, 4) is 0 Å². The Hall–Kier alpha value is -0.420. The third-order valence-corrected chi connectivity index (χ3v) is 4.27. The van der Waals surface area contributed by atoms with Crippen LogP contribution in [0.2, 0.25) is 0 Å². The van der Waals surface area contributed by atoms with Crippen molar-refractivity contribution >= 4 is 18.3 Å². The number of carbonyl (C=O) groups excluding carboxylic acids is 1. The second kappa shape index (κ2) is 4.93. The minimum atomic E-state index is -2.73. The van der Waals surface area contributed by atoms with E-state index in [9.17, 15) is 13.6 Å². The van der Waals surface area contributed by atoms with Crippen molar-refractivity contribution in [1.82, 2.24) is 10.6 Å². The molecule has 4 atom stereocenters. The van der Waals surface area contributed by atoms with E-state index in [1.54, 1.807) is 0 Å². The second-order valence-corrected chi connectivity index (χ2v) is 5.63. The van der Waals surface area contributed by atoms with Crippen LogP contribution in [-0.4, -0.2) is 30.0 Å². The molecule has 1 heterocycles. The number of fused-ring (bicyclic) bond motifs is 1. The number of alkyl halides is 2. The van der Waals surface area contributed by atoms with Crippen molar-refractivity contribution in [3.05, 3.63) is 0 Å². The fourth-order valence-corrected chi connectivity index (χ4v) is 3.07. The van der Waals surface area contributed by atoms with Crippen molar-refractivity contribution < 1.29 is 13.6 Å². The Kier molecular flexibility index (Phi) is 3.83. The molecule has 0 spiro atoms. The summed E-state index contributed by atoms with van der Waals surface area (Å²) in [4.78, 5) is 11.9. The number of halogens is 3. The summed E-state index contributed by atoms with van der Waals surface area (Å²) in [5.74, 6) is -2.35. The third-order valence-electron chi connectivity index (χ3n) is 4.27. The lowest BCUT2D eigenvalue weighted by molar-refractivity contribution is -0.129. The van der Waals surface area contributed by atoms with E-state index >= 15 is 0 Å². The minimum Gasteiger partial charge on any atom is -0.346 e. The molecule has 3 fully saturated rings. The van der Waals surface area contributed by atoms with Crippen LogP contribution in [0.5, 0.6) is 0 Å². The molecule has 2 N–H and O–H groups in total. The number of amides is 1. The van der Waals surface area contributed by atoms with Gasteiger partial charge in [0.1, 0.15) is 0 Å². The molecular weight excluding hydrogens is 262 g/mol. The maximum Gasteiger partial charge on any atom is 0.267 e. The van der Waals surface area contributed by atoms with Crippen molar-refractivity contribution in [2.24, 2.45) is 5.92 Å². The van der Waals surface area contributed by atoms with Gasteiger partial charge >= 0.3 is 0 Å². The van der Waals surface area contributed by atoms with Gasteiger partial charge in [-0.2, -0.15) is 0 Å². The van der Waals surface area contributed by atoms with Crippen molar-refractivity contribution in [2.75, 3.05) is 0 Å². The average Bonchev–Trinajstić information content (AvgIpc) is 2.88. The normalized spacial score (nSPS) is 40.6. The Morgan fingerprint density at radius 3 is 2.67 bits per heavy atom. The van der Waals surface area contributed by atoms with Gasteiger partial charge < -0.3 is 10.6 Å². The third kappa shape index (κ3) is 2.62. The van der Waals surface area contributed by atoms with Gasteiger partial charge in [-0.15, -0.1) is 12.4 Å². The molecular formula is C12H19ClF2N2O. The van der Waals surface area contributed by atoms with Gasteiger partial charge in [-0.25, -0.2) is 8.78 Å². The fourth-order valence-electron chi connectivity index (χ4n) is 3.07. The Morgan fingerprint density at radius 1 is 1.28 bits per heavy atom. The zero-order valence-corrected chi connectivity index (χ0v) is 10.9. The Bertz CT molecular complexity index is 330. The first-order valence-electron chi connectivity index (χ1n) is 6.50. The van der Waals surface area contributed by atoms with Crippen LogP contribution in [0.25, 0.3) is 0 Å². The predicted molar refractivity (Wildman–Crippen MR) is 66.0 cm³/mol. The first-order chi connectivity index (χ1) is 8.06. The maximum absolute atomic E-state index is 13.6. The van der Waals surface area contributed by atoms with Gasteiger partial charge in [0.2, 0.25) is 5.91 Å². The molecule has 2 aliphatic carbocycles. The molecule has 18 heavy (non-hydrogen) atoms. The number of nitrogens with one attached hydrogen (secondary N) is 2. The first-order valence-corrected chi connectivity index (χ1v) is 6.50. The van der Waals surface area contributed by atoms with Crippen LogP contribution in [-0.2, 0) is 4.79 Å². The van der Waals surface area contributed by atoms with Crippen LogP contribution >= 0.6 is 12.4 Å².